The van der Waals surface area contributed by atoms with Gasteiger partial charge in [-0.25, -0.2) is 0 Å². The highest BCUT2D eigenvalue weighted by Gasteiger charge is 2.51. The van der Waals surface area contributed by atoms with Crippen LogP contribution in [0.25, 0.3) is 0 Å². The van der Waals surface area contributed by atoms with Gasteiger partial charge in [-0.05, 0) is 36.5 Å². The van der Waals surface area contributed by atoms with Crippen LogP contribution in [0.15, 0.2) is 0 Å². The van der Waals surface area contributed by atoms with E-state index in [0.29, 0.717) is 0 Å². The Morgan fingerprint density at radius 2 is 1.80 bits per heavy atom. The third kappa shape index (κ3) is 0.681. The molecule has 3 aliphatic carbocycles. The topological polar surface area (TPSA) is 0 Å². The molecule has 2 bridgehead atoms. The predicted molar refractivity (Wildman–Crippen MR) is 43.8 cm³/mol. The molecule has 0 aromatic heterocycles. The first kappa shape index (κ1) is 6.69. The Bertz CT molecular complexity index is 116. The number of hydrogen-bond donors (Lipinski definition) is 0. The molecule has 0 heterocycles. The van der Waals surface area contributed by atoms with Gasteiger partial charge in [-0.1, -0.05) is 26.7 Å². The SMILES string of the molecule is CCCC1C2CCC1C2C. The third-order valence-electron chi connectivity index (χ3n) is 3.91. The molecular weight excluding hydrogens is 120 g/mol. The summed E-state index contributed by atoms with van der Waals surface area (Å²) < 4.78 is 0. The summed E-state index contributed by atoms with van der Waals surface area (Å²) in [6, 6.07) is 0. The molecule has 3 fully saturated rings. The summed E-state index contributed by atoms with van der Waals surface area (Å²) in [5.41, 5.74) is 0. The molecule has 0 amide bonds. The average molecular weight is 138 g/mol. The molecule has 0 radical (unpaired) electrons. The third-order valence-corrected chi connectivity index (χ3v) is 3.91. The Morgan fingerprint density at radius 1 is 1.20 bits per heavy atom. The lowest BCUT2D eigenvalue weighted by Gasteiger charge is -2.43. The fourth-order valence-electron chi connectivity index (χ4n) is 3.37. The smallest absolute Gasteiger partial charge is 0.0352 e. The van der Waals surface area contributed by atoms with Crippen molar-refractivity contribution in [2.75, 3.05) is 0 Å². The average Bonchev–Trinajstić information content (AvgIpc) is 2.48. The highest BCUT2D eigenvalue weighted by Crippen LogP contribution is 2.59. The lowest BCUT2D eigenvalue weighted by Crippen LogP contribution is -2.37. The van der Waals surface area contributed by atoms with Gasteiger partial charge in [-0.2, -0.15) is 0 Å². The molecule has 3 aliphatic rings. The second kappa shape index (κ2) is 2.25. The normalized spacial score (nSPS) is 51.0. The van der Waals surface area contributed by atoms with Crippen molar-refractivity contribution in [1.29, 1.82) is 0 Å². The van der Waals surface area contributed by atoms with Crippen molar-refractivity contribution in [2.45, 2.75) is 39.5 Å². The van der Waals surface area contributed by atoms with E-state index in [0.717, 1.165) is 23.7 Å². The zero-order chi connectivity index (χ0) is 7.14. The van der Waals surface area contributed by atoms with Crippen LogP contribution in [0.3, 0.4) is 0 Å². The zero-order valence-electron chi connectivity index (χ0n) is 7.14. The van der Waals surface area contributed by atoms with Crippen LogP contribution in [-0.4, -0.2) is 0 Å². The van der Waals surface area contributed by atoms with Crippen LogP contribution in [0.1, 0.15) is 39.5 Å². The van der Waals surface area contributed by atoms with Crippen molar-refractivity contribution in [3.8, 4) is 0 Å². The van der Waals surface area contributed by atoms with Crippen molar-refractivity contribution in [2.24, 2.45) is 23.7 Å². The van der Waals surface area contributed by atoms with Gasteiger partial charge >= 0.3 is 0 Å². The van der Waals surface area contributed by atoms with Gasteiger partial charge in [0.2, 0.25) is 0 Å². The number of fused-ring (bicyclic) bond motifs is 1. The van der Waals surface area contributed by atoms with Crippen LogP contribution in [0.2, 0.25) is 0 Å². The standard InChI is InChI=1S/C10H18/c1-3-4-10-8-5-6-9(10)7(8)2/h7-10H,3-6H2,1-2H3. The van der Waals surface area contributed by atoms with Crippen molar-refractivity contribution in [1.82, 2.24) is 0 Å². The van der Waals surface area contributed by atoms with Gasteiger partial charge in [0.25, 0.3) is 0 Å². The second-order valence-electron chi connectivity index (χ2n) is 4.22. The van der Waals surface area contributed by atoms with Gasteiger partial charge in [0.15, 0.2) is 0 Å². The fraction of sp³-hybridized carbons (Fsp3) is 1.00. The van der Waals surface area contributed by atoms with Crippen molar-refractivity contribution in [3.63, 3.8) is 0 Å². The molecule has 3 saturated carbocycles. The van der Waals surface area contributed by atoms with Crippen LogP contribution in [0.4, 0.5) is 0 Å². The maximum atomic E-state index is 2.45. The first-order chi connectivity index (χ1) is 4.84. The van der Waals surface area contributed by atoms with Gasteiger partial charge in [-0.3, -0.25) is 0 Å². The Balaban J connectivity index is 1.93. The van der Waals surface area contributed by atoms with Gasteiger partial charge in [-0.15, -0.1) is 0 Å². The lowest BCUT2D eigenvalue weighted by molar-refractivity contribution is 0.0569. The van der Waals surface area contributed by atoms with Crippen LogP contribution in [0.5, 0.6) is 0 Å². The molecule has 0 N–H and O–H groups in total. The number of hydrogen-bond acceptors (Lipinski definition) is 0. The molecule has 10 heavy (non-hydrogen) atoms. The van der Waals surface area contributed by atoms with Crippen LogP contribution in [-0.2, 0) is 0 Å². The summed E-state index contributed by atoms with van der Waals surface area (Å²) in [7, 11) is 0. The Kier molecular flexibility index (Phi) is 1.51. The summed E-state index contributed by atoms with van der Waals surface area (Å²) in [6.07, 6.45) is 6.02. The summed E-state index contributed by atoms with van der Waals surface area (Å²) in [5.74, 6) is 4.53. The zero-order valence-corrected chi connectivity index (χ0v) is 7.14. The summed E-state index contributed by atoms with van der Waals surface area (Å²) in [5, 5.41) is 0. The van der Waals surface area contributed by atoms with E-state index in [4.69, 9.17) is 0 Å². The first-order valence-corrected chi connectivity index (χ1v) is 4.84. The van der Waals surface area contributed by atoms with E-state index in [2.05, 4.69) is 13.8 Å². The van der Waals surface area contributed by atoms with Gasteiger partial charge in [0, 0.05) is 0 Å². The first-order valence-electron chi connectivity index (χ1n) is 4.84. The predicted octanol–water partition coefficient (Wildman–Crippen LogP) is 3.08. The molecule has 0 aliphatic heterocycles. The fourth-order valence-corrected chi connectivity index (χ4v) is 3.37. The van der Waals surface area contributed by atoms with E-state index in [1.807, 2.05) is 0 Å². The van der Waals surface area contributed by atoms with Gasteiger partial charge in [0.1, 0.15) is 0 Å². The Hall–Kier alpha value is 0. The minimum absolute atomic E-state index is 1.09. The second-order valence-corrected chi connectivity index (χ2v) is 4.22. The molecular formula is C10H18. The molecule has 0 nitrogen and oxygen atoms in total. The van der Waals surface area contributed by atoms with Crippen molar-refractivity contribution >= 4 is 0 Å². The largest absolute Gasteiger partial charge is 0.0654 e. The van der Waals surface area contributed by atoms with Crippen LogP contribution >= 0.6 is 0 Å². The molecule has 2 unspecified atom stereocenters. The minimum Gasteiger partial charge on any atom is -0.0654 e. The molecule has 0 heteroatoms. The molecule has 0 aromatic carbocycles. The van der Waals surface area contributed by atoms with E-state index in [-0.39, 0.29) is 0 Å². The van der Waals surface area contributed by atoms with E-state index < -0.39 is 0 Å². The summed E-state index contributed by atoms with van der Waals surface area (Å²) >= 11 is 0. The Morgan fingerprint density at radius 3 is 2.20 bits per heavy atom. The molecule has 0 spiro atoms. The molecule has 58 valence electrons. The van der Waals surface area contributed by atoms with Crippen LogP contribution < -0.4 is 0 Å². The Labute approximate surface area is 64.0 Å². The molecule has 2 atom stereocenters. The van der Waals surface area contributed by atoms with Crippen LogP contribution in [0, 0.1) is 23.7 Å². The quantitative estimate of drug-likeness (QED) is 0.550. The monoisotopic (exact) mass is 138 g/mol. The summed E-state index contributed by atoms with van der Waals surface area (Å²) in [4.78, 5) is 0. The van der Waals surface area contributed by atoms with E-state index >= 15 is 0 Å². The van der Waals surface area contributed by atoms with Gasteiger partial charge < -0.3 is 0 Å². The highest BCUT2D eigenvalue weighted by molar-refractivity contribution is 5.00. The van der Waals surface area contributed by atoms with E-state index in [9.17, 15) is 0 Å². The molecule has 0 aromatic rings. The molecule has 0 saturated heterocycles. The van der Waals surface area contributed by atoms with E-state index in [1.165, 1.54) is 12.8 Å². The minimum atomic E-state index is 1.09. The maximum absolute atomic E-state index is 2.45. The highest BCUT2D eigenvalue weighted by atomic mass is 14.6. The lowest BCUT2D eigenvalue weighted by atomic mass is 9.62. The van der Waals surface area contributed by atoms with Gasteiger partial charge in [0.05, 0.1) is 0 Å². The molecule has 3 rings (SSSR count). The number of rotatable bonds is 2. The van der Waals surface area contributed by atoms with E-state index in [1.54, 1.807) is 12.8 Å². The maximum Gasteiger partial charge on any atom is -0.0352 e. The van der Waals surface area contributed by atoms with Crippen molar-refractivity contribution in [3.05, 3.63) is 0 Å². The van der Waals surface area contributed by atoms with Crippen molar-refractivity contribution < 1.29 is 0 Å². The summed E-state index contributed by atoms with van der Waals surface area (Å²) in [6.45, 7) is 4.77.